The van der Waals surface area contributed by atoms with Crippen molar-refractivity contribution in [2.45, 2.75) is 37.8 Å². The average Bonchev–Trinajstić information content (AvgIpc) is 3.73. The molecule has 12 nitrogen and oxygen atoms in total. The van der Waals surface area contributed by atoms with Crippen LogP contribution in [0.4, 0.5) is 17.5 Å². The number of amides is 1. The van der Waals surface area contributed by atoms with Gasteiger partial charge >= 0.3 is 0 Å². The molecule has 40 heavy (non-hydrogen) atoms. The highest BCUT2D eigenvalue weighted by molar-refractivity contribution is 5.99. The number of hydrogen-bond acceptors (Lipinski definition) is 10. The minimum atomic E-state index is -0.0438. The zero-order chi connectivity index (χ0) is 27.1. The molecule has 3 fully saturated rings. The lowest BCUT2D eigenvalue weighted by molar-refractivity contribution is 0.00152. The van der Waals surface area contributed by atoms with E-state index in [0.29, 0.717) is 89.5 Å². The fraction of sp³-hybridized carbons (Fsp3) is 0.500. The van der Waals surface area contributed by atoms with Crippen molar-refractivity contribution >= 4 is 34.4 Å². The van der Waals surface area contributed by atoms with E-state index in [1.54, 1.807) is 12.3 Å². The second-order valence-electron chi connectivity index (χ2n) is 10.7. The predicted molar refractivity (Wildman–Crippen MR) is 147 cm³/mol. The van der Waals surface area contributed by atoms with Crippen molar-refractivity contribution in [3.05, 3.63) is 29.5 Å². The van der Waals surface area contributed by atoms with Gasteiger partial charge in [0.2, 0.25) is 5.95 Å². The predicted octanol–water partition coefficient (Wildman–Crippen LogP) is 2.86. The highest BCUT2D eigenvalue weighted by Gasteiger charge is 2.32. The van der Waals surface area contributed by atoms with Crippen molar-refractivity contribution in [2.24, 2.45) is 0 Å². The minimum absolute atomic E-state index is 0.0438. The molecule has 3 aromatic rings. The molecule has 1 aromatic carbocycles. The number of nitrogens with zero attached hydrogens (tertiary/aromatic N) is 5. The highest BCUT2D eigenvalue weighted by Crippen LogP contribution is 2.42. The number of fused-ring (bicyclic) bond motifs is 2. The van der Waals surface area contributed by atoms with Gasteiger partial charge in [0, 0.05) is 44.5 Å². The summed E-state index contributed by atoms with van der Waals surface area (Å²) in [6.07, 6.45) is 5.69. The van der Waals surface area contributed by atoms with Gasteiger partial charge in [-0.3, -0.25) is 9.69 Å². The van der Waals surface area contributed by atoms with Crippen LogP contribution in [-0.4, -0.2) is 95.3 Å². The Morgan fingerprint density at radius 1 is 1.00 bits per heavy atom. The Morgan fingerprint density at radius 3 is 2.52 bits per heavy atom. The standard InChI is InChI=1S/C28H32N8O4/c29-15-17-16-30-25-22(17)26(31-18-1-2-18)34-28(33-25)32-21-4-3-20(23-24(21)40-14-13-39-23)27(37)36-7-5-19(6-8-36)35-9-11-38-12-10-35/h3-4,16,18-19H,1-2,5-14H2,(H3,30,31,32,33,34). The lowest BCUT2D eigenvalue weighted by Crippen LogP contribution is -2.50. The van der Waals surface area contributed by atoms with Gasteiger partial charge < -0.3 is 34.7 Å². The van der Waals surface area contributed by atoms with Crippen LogP contribution >= 0.6 is 0 Å². The Balaban J connectivity index is 1.13. The van der Waals surface area contributed by atoms with Gasteiger partial charge in [-0.05, 0) is 37.8 Å². The summed E-state index contributed by atoms with van der Waals surface area (Å²) in [5, 5.41) is 16.9. The first-order valence-electron chi connectivity index (χ1n) is 14.0. The first kappa shape index (κ1) is 24.9. The molecule has 7 rings (SSSR count). The first-order valence-corrected chi connectivity index (χ1v) is 14.0. The van der Waals surface area contributed by atoms with Gasteiger partial charge in [0.25, 0.3) is 5.91 Å². The molecule has 0 radical (unpaired) electrons. The number of likely N-dealkylation sites (tertiary alicyclic amines) is 1. The number of ether oxygens (including phenoxy) is 3. The fourth-order valence-corrected chi connectivity index (χ4v) is 5.77. The van der Waals surface area contributed by atoms with E-state index in [2.05, 4.69) is 31.6 Å². The van der Waals surface area contributed by atoms with E-state index in [0.717, 1.165) is 52.0 Å². The number of hydrogen-bond donors (Lipinski definition) is 3. The number of benzene rings is 1. The van der Waals surface area contributed by atoms with Crippen LogP contribution in [0.1, 0.15) is 41.6 Å². The largest absolute Gasteiger partial charge is 0.485 e. The van der Waals surface area contributed by atoms with Gasteiger partial charge in [0.15, 0.2) is 11.5 Å². The van der Waals surface area contributed by atoms with Crippen LogP contribution in [0, 0.1) is 11.3 Å². The van der Waals surface area contributed by atoms with Gasteiger partial charge in [-0.1, -0.05) is 0 Å². The van der Waals surface area contributed by atoms with Gasteiger partial charge in [-0.2, -0.15) is 15.2 Å². The Labute approximate surface area is 231 Å². The van der Waals surface area contributed by atoms with E-state index in [1.165, 1.54) is 0 Å². The third-order valence-corrected chi connectivity index (χ3v) is 8.05. The number of piperidine rings is 1. The molecular weight excluding hydrogens is 512 g/mol. The summed E-state index contributed by atoms with van der Waals surface area (Å²) in [5.41, 5.74) is 2.17. The molecular formula is C28H32N8O4. The van der Waals surface area contributed by atoms with E-state index in [9.17, 15) is 10.1 Å². The third-order valence-electron chi connectivity index (χ3n) is 8.05. The van der Waals surface area contributed by atoms with E-state index >= 15 is 0 Å². The molecule has 0 atom stereocenters. The van der Waals surface area contributed by atoms with Gasteiger partial charge in [0.05, 0.1) is 35.4 Å². The maximum Gasteiger partial charge on any atom is 0.257 e. The molecule has 1 saturated carbocycles. The van der Waals surface area contributed by atoms with E-state index in [1.807, 2.05) is 11.0 Å². The number of rotatable bonds is 6. The molecule has 4 aliphatic rings. The van der Waals surface area contributed by atoms with E-state index in [-0.39, 0.29) is 5.91 Å². The molecule has 0 bridgehead atoms. The second-order valence-corrected chi connectivity index (χ2v) is 10.7. The third kappa shape index (κ3) is 4.76. The molecule has 12 heteroatoms. The Hall–Kier alpha value is -4.08. The van der Waals surface area contributed by atoms with Crippen molar-refractivity contribution in [2.75, 3.05) is 63.2 Å². The molecule has 0 spiro atoms. The lowest BCUT2D eigenvalue weighted by Gasteiger charge is -2.40. The molecule has 3 N–H and O–H groups in total. The summed E-state index contributed by atoms with van der Waals surface area (Å²) >= 11 is 0. The summed E-state index contributed by atoms with van der Waals surface area (Å²) in [5.74, 6) is 1.84. The monoisotopic (exact) mass is 544 g/mol. The number of aromatic nitrogens is 3. The van der Waals surface area contributed by atoms with E-state index < -0.39 is 0 Å². The smallest absolute Gasteiger partial charge is 0.257 e. The number of morpholine rings is 1. The molecule has 5 heterocycles. The average molecular weight is 545 g/mol. The summed E-state index contributed by atoms with van der Waals surface area (Å²) in [6.45, 7) is 5.66. The topological polar surface area (TPSA) is 141 Å². The number of H-pyrrole nitrogens is 1. The molecule has 0 unspecified atom stereocenters. The summed E-state index contributed by atoms with van der Waals surface area (Å²) < 4.78 is 17.5. The van der Waals surface area contributed by atoms with Crippen molar-refractivity contribution in [3.63, 3.8) is 0 Å². The number of anilines is 3. The molecule has 1 aliphatic carbocycles. The fourth-order valence-electron chi connectivity index (χ4n) is 5.77. The first-order chi connectivity index (χ1) is 19.7. The molecule has 3 aliphatic heterocycles. The van der Waals surface area contributed by atoms with Crippen LogP contribution in [0.15, 0.2) is 18.3 Å². The van der Waals surface area contributed by atoms with E-state index in [4.69, 9.17) is 19.2 Å². The van der Waals surface area contributed by atoms with Crippen LogP contribution in [0.25, 0.3) is 11.0 Å². The Morgan fingerprint density at radius 2 is 1.77 bits per heavy atom. The summed E-state index contributed by atoms with van der Waals surface area (Å²) in [4.78, 5) is 30.4. The number of carbonyl (C=O) groups is 1. The maximum absolute atomic E-state index is 13.6. The SMILES string of the molecule is N#Cc1c[nH]c2nc(Nc3ccc(C(=O)N4CCC(N5CCOCC5)CC4)c4c3OCCO4)nc(NC3CC3)c12. The minimum Gasteiger partial charge on any atom is -0.485 e. The normalized spacial score (nSPS) is 19.8. The molecule has 2 aromatic heterocycles. The van der Waals surface area contributed by atoms with Gasteiger partial charge in [-0.15, -0.1) is 0 Å². The number of aromatic amines is 1. The Bertz CT molecular complexity index is 1470. The quantitative estimate of drug-likeness (QED) is 0.424. The molecule has 2 saturated heterocycles. The highest BCUT2D eigenvalue weighted by atomic mass is 16.6. The van der Waals surface area contributed by atoms with Crippen LogP contribution in [-0.2, 0) is 4.74 Å². The zero-order valence-electron chi connectivity index (χ0n) is 22.2. The summed E-state index contributed by atoms with van der Waals surface area (Å²) in [7, 11) is 0. The van der Waals surface area contributed by atoms with Crippen molar-refractivity contribution < 1.29 is 19.0 Å². The number of nitriles is 1. The maximum atomic E-state index is 13.6. The Kier molecular flexibility index (Phi) is 6.53. The second kappa shape index (κ2) is 10.5. The number of nitrogens with one attached hydrogen (secondary N) is 3. The molecule has 1 amide bonds. The number of carbonyl (C=O) groups excluding carboxylic acids is 1. The van der Waals surface area contributed by atoms with Crippen molar-refractivity contribution in [1.82, 2.24) is 24.8 Å². The lowest BCUT2D eigenvalue weighted by atomic mass is 10.0. The zero-order valence-corrected chi connectivity index (χ0v) is 22.2. The van der Waals surface area contributed by atoms with Crippen LogP contribution in [0.5, 0.6) is 11.5 Å². The van der Waals surface area contributed by atoms with Crippen LogP contribution in [0.2, 0.25) is 0 Å². The van der Waals surface area contributed by atoms with Crippen LogP contribution < -0.4 is 20.1 Å². The van der Waals surface area contributed by atoms with Crippen molar-refractivity contribution in [1.29, 1.82) is 5.26 Å². The van der Waals surface area contributed by atoms with Gasteiger partial charge in [-0.25, -0.2) is 0 Å². The molecule has 208 valence electrons. The van der Waals surface area contributed by atoms with Gasteiger partial charge in [0.1, 0.15) is 30.7 Å². The van der Waals surface area contributed by atoms with Crippen molar-refractivity contribution in [3.8, 4) is 17.6 Å². The van der Waals surface area contributed by atoms with Crippen LogP contribution in [0.3, 0.4) is 0 Å². The summed E-state index contributed by atoms with van der Waals surface area (Å²) in [6, 6.07) is 6.65.